The van der Waals surface area contributed by atoms with Crippen LogP contribution in [-0.4, -0.2) is 17.9 Å². The van der Waals surface area contributed by atoms with Gasteiger partial charge in [0.05, 0.1) is 12.0 Å². The number of amides is 1. The van der Waals surface area contributed by atoms with Crippen LogP contribution in [0.1, 0.15) is 5.56 Å². The molecule has 1 N–H and O–H groups in total. The van der Waals surface area contributed by atoms with E-state index in [1.165, 1.54) is 30.3 Å². The maximum atomic E-state index is 11.8. The molecular formula is C16H14N2O4. The number of anilines is 1. The number of nitro benzene ring substituents is 1. The number of carbonyl (C=O) groups excluding carboxylic acids is 1. The lowest BCUT2D eigenvalue weighted by Gasteiger charge is -2.04. The second-order valence-electron chi connectivity index (χ2n) is 4.37. The van der Waals surface area contributed by atoms with Gasteiger partial charge in [0.15, 0.2) is 0 Å². The van der Waals surface area contributed by atoms with Crippen molar-refractivity contribution in [2.24, 2.45) is 0 Å². The van der Waals surface area contributed by atoms with Crippen molar-refractivity contribution in [3.05, 3.63) is 70.3 Å². The SMILES string of the molecule is COc1ccccc1C=CC(=O)Nc1ccc([N+](=O)[O-])cc1. The highest BCUT2D eigenvalue weighted by Gasteiger charge is 2.05. The van der Waals surface area contributed by atoms with Gasteiger partial charge in [-0.05, 0) is 24.3 Å². The van der Waals surface area contributed by atoms with Gasteiger partial charge < -0.3 is 10.1 Å². The van der Waals surface area contributed by atoms with Gasteiger partial charge in [0, 0.05) is 29.5 Å². The van der Waals surface area contributed by atoms with Crippen LogP contribution >= 0.6 is 0 Å². The standard InChI is InChI=1S/C16H14N2O4/c1-22-15-5-3-2-4-12(15)6-11-16(19)17-13-7-9-14(10-8-13)18(20)21/h2-11H,1H3,(H,17,19). The van der Waals surface area contributed by atoms with Gasteiger partial charge in [-0.1, -0.05) is 18.2 Å². The number of para-hydroxylation sites is 1. The Hall–Kier alpha value is -3.15. The molecule has 6 nitrogen and oxygen atoms in total. The average Bonchev–Trinajstić information content (AvgIpc) is 2.53. The van der Waals surface area contributed by atoms with Gasteiger partial charge in [0.25, 0.3) is 5.69 Å². The molecule has 0 aliphatic heterocycles. The van der Waals surface area contributed by atoms with E-state index in [1.54, 1.807) is 19.3 Å². The Labute approximate surface area is 127 Å². The normalized spacial score (nSPS) is 10.4. The van der Waals surface area contributed by atoms with E-state index in [9.17, 15) is 14.9 Å². The van der Waals surface area contributed by atoms with Crippen molar-refractivity contribution in [3.63, 3.8) is 0 Å². The summed E-state index contributed by atoms with van der Waals surface area (Å²) in [5.41, 5.74) is 1.24. The summed E-state index contributed by atoms with van der Waals surface area (Å²) in [4.78, 5) is 21.9. The second-order valence-corrected chi connectivity index (χ2v) is 4.37. The minimum absolute atomic E-state index is 0.0254. The van der Waals surface area contributed by atoms with Crippen molar-refractivity contribution >= 4 is 23.4 Å². The summed E-state index contributed by atoms with van der Waals surface area (Å²) in [7, 11) is 1.56. The number of non-ortho nitro benzene ring substituents is 1. The maximum absolute atomic E-state index is 11.8. The third-order valence-electron chi connectivity index (χ3n) is 2.90. The molecule has 0 saturated heterocycles. The van der Waals surface area contributed by atoms with Crippen LogP contribution in [0, 0.1) is 10.1 Å². The molecule has 0 radical (unpaired) electrons. The van der Waals surface area contributed by atoms with Gasteiger partial charge in [0.2, 0.25) is 5.91 Å². The first-order valence-electron chi connectivity index (χ1n) is 6.46. The third-order valence-corrected chi connectivity index (χ3v) is 2.90. The van der Waals surface area contributed by atoms with Crippen molar-refractivity contribution in [2.75, 3.05) is 12.4 Å². The van der Waals surface area contributed by atoms with E-state index >= 15 is 0 Å². The fourth-order valence-electron chi connectivity index (χ4n) is 1.82. The van der Waals surface area contributed by atoms with E-state index < -0.39 is 4.92 Å². The molecule has 1 amide bonds. The van der Waals surface area contributed by atoms with Crippen LogP contribution in [0.5, 0.6) is 5.75 Å². The molecule has 0 atom stereocenters. The van der Waals surface area contributed by atoms with Crippen LogP contribution in [0.3, 0.4) is 0 Å². The van der Waals surface area contributed by atoms with Gasteiger partial charge >= 0.3 is 0 Å². The van der Waals surface area contributed by atoms with Gasteiger partial charge in [-0.15, -0.1) is 0 Å². The Morgan fingerprint density at radius 3 is 2.50 bits per heavy atom. The molecule has 112 valence electrons. The molecule has 0 aromatic heterocycles. The number of benzene rings is 2. The smallest absolute Gasteiger partial charge is 0.269 e. The Balaban J connectivity index is 2.03. The van der Waals surface area contributed by atoms with Gasteiger partial charge in [-0.2, -0.15) is 0 Å². The zero-order chi connectivity index (χ0) is 15.9. The molecule has 22 heavy (non-hydrogen) atoms. The Bertz CT molecular complexity index is 708. The van der Waals surface area contributed by atoms with E-state index in [2.05, 4.69) is 5.32 Å². The molecule has 0 saturated carbocycles. The Morgan fingerprint density at radius 2 is 1.86 bits per heavy atom. The third kappa shape index (κ3) is 3.92. The summed E-state index contributed by atoms with van der Waals surface area (Å²) in [5, 5.41) is 13.2. The Kier molecular flexibility index (Phi) is 4.87. The zero-order valence-electron chi connectivity index (χ0n) is 11.9. The molecule has 0 spiro atoms. The first-order valence-corrected chi connectivity index (χ1v) is 6.46. The number of nitrogens with one attached hydrogen (secondary N) is 1. The van der Waals surface area contributed by atoms with E-state index in [-0.39, 0.29) is 11.6 Å². The zero-order valence-corrected chi connectivity index (χ0v) is 11.9. The van der Waals surface area contributed by atoms with Crippen LogP contribution in [-0.2, 0) is 4.79 Å². The summed E-state index contributed by atoms with van der Waals surface area (Å²) in [6.07, 6.45) is 3.01. The van der Waals surface area contributed by atoms with Crippen LogP contribution in [0.25, 0.3) is 6.08 Å². The molecule has 2 aromatic rings. The first kappa shape index (κ1) is 15.2. The largest absolute Gasteiger partial charge is 0.496 e. The quantitative estimate of drug-likeness (QED) is 0.522. The number of rotatable bonds is 5. The summed E-state index contributed by atoms with van der Waals surface area (Å²) < 4.78 is 5.18. The fraction of sp³-hybridized carbons (Fsp3) is 0.0625. The predicted molar refractivity (Wildman–Crippen MR) is 83.8 cm³/mol. The van der Waals surface area contributed by atoms with Crippen LogP contribution in [0.4, 0.5) is 11.4 Å². The number of nitro groups is 1. The number of hydrogen-bond acceptors (Lipinski definition) is 4. The van der Waals surface area contributed by atoms with Crippen molar-refractivity contribution in [3.8, 4) is 5.75 Å². The highest BCUT2D eigenvalue weighted by Crippen LogP contribution is 2.19. The molecule has 0 aliphatic carbocycles. The molecule has 0 fully saturated rings. The topological polar surface area (TPSA) is 81.5 Å². The molecule has 6 heteroatoms. The molecular weight excluding hydrogens is 284 g/mol. The lowest BCUT2D eigenvalue weighted by Crippen LogP contribution is -2.07. The molecule has 0 unspecified atom stereocenters. The van der Waals surface area contributed by atoms with Crippen LogP contribution < -0.4 is 10.1 Å². The van der Waals surface area contributed by atoms with E-state index in [0.717, 1.165) is 5.56 Å². The highest BCUT2D eigenvalue weighted by molar-refractivity contribution is 6.02. The number of nitrogens with zero attached hydrogens (tertiary/aromatic N) is 1. The average molecular weight is 298 g/mol. The fourth-order valence-corrected chi connectivity index (χ4v) is 1.82. The minimum atomic E-state index is -0.493. The van der Waals surface area contributed by atoms with Crippen molar-refractivity contribution in [1.82, 2.24) is 0 Å². The van der Waals surface area contributed by atoms with Crippen LogP contribution in [0.2, 0.25) is 0 Å². The predicted octanol–water partition coefficient (Wildman–Crippen LogP) is 3.26. The minimum Gasteiger partial charge on any atom is -0.496 e. The van der Waals surface area contributed by atoms with E-state index in [1.807, 2.05) is 18.2 Å². The second kappa shape index (κ2) is 7.03. The van der Waals surface area contributed by atoms with Crippen molar-refractivity contribution < 1.29 is 14.5 Å². The number of hydrogen-bond donors (Lipinski definition) is 1. The molecule has 2 rings (SSSR count). The molecule has 0 heterocycles. The van der Waals surface area contributed by atoms with E-state index in [4.69, 9.17) is 4.74 Å². The van der Waals surface area contributed by atoms with Gasteiger partial charge in [-0.3, -0.25) is 14.9 Å². The number of methoxy groups -OCH3 is 1. The summed E-state index contributed by atoms with van der Waals surface area (Å²) in [6, 6.07) is 12.9. The summed E-state index contributed by atoms with van der Waals surface area (Å²) in [6.45, 7) is 0. The summed E-state index contributed by atoms with van der Waals surface area (Å²) >= 11 is 0. The van der Waals surface area contributed by atoms with Crippen LogP contribution in [0.15, 0.2) is 54.6 Å². The highest BCUT2D eigenvalue weighted by atomic mass is 16.6. The Morgan fingerprint density at radius 1 is 1.18 bits per heavy atom. The monoisotopic (exact) mass is 298 g/mol. The number of ether oxygens (including phenoxy) is 1. The first-order chi connectivity index (χ1) is 10.6. The van der Waals surface area contributed by atoms with Gasteiger partial charge in [-0.25, -0.2) is 0 Å². The summed E-state index contributed by atoms with van der Waals surface area (Å²) in [5.74, 6) is 0.335. The molecule has 0 bridgehead atoms. The van der Waals surface area contributed by atoms with Gasteiger partial charge in [0.1, 0.15) is 5.75 Å². The maximum Gasteiger partial charge on any atom is 0.269 e. The van der Waals surface area contributed by atoms with Crippen molar-refractivity contribution in [1.29, 1.82) is 0 Å². The number of carbonyl (C=O) groups is 1. The molecule has 0 aliphatic rings. The molecule has 2 aromatic carbocycles. The lowest BCUT2D eigenvalue weighted by atomic mass is 10.2. The lowest BCUT2D eigenvalue weighted by molar-refractivity contribution is -0.384. The van der Waals surface area contributed by atoms with Crippen molar-refractivity contribution in [2.45, 2.75) is 0 Å². The van der Waals surface area contributed by atoms with E-state index in [0.29, 0.717) is 11.4 Å².